The highest BCUT2D eigenvalue weighted by molar-refractivity contribution is 6.04. The van der Waals surface area contributed by atoms with Gasteiger partial charge in [0.05, 0.1) is 19.2 Å². The van der Waals surface area contributed by atoms with E-state index in [0.29, 0.717) is 35.9 Å². The number of hydrogen-bond acceptors (Lipinski definition) is 7. The van der Waals surface area contributed by atoms with E-state index < -0.39 is 29.7 Å². The van der Waals surface area contributed by atoms with Crippen molar-refractivity contribution in [2.24, 2.45) is 4.99 Å². The smallest absolute Gasteiger partial charge is 0.322 e. The second-order valence-electron chi connectivity index (χ2n) is 8.55. The molecule has 0 spiro atoms. The average Bonchev–Trinajstić information content (AvgIpc) is 3.44. The predicted molar refractivity (Wildman–Crippen MR) is 149 cm³/mol. The number of imide groups is 1. The van der Waals surface area contributed by atoms with Crippen molar-refractivity contribution in [3.63, 3.8) is 0 Å². The van der Waals surface area contributed by atoms with Crippen molar-refractivity contribution in [2.45, 2.75) is 47.1 Å². The molecule has 1 fully saturated rings. The first kappa shape index (κ1) is 33.4. The Morgan fingerprint density at radius 1 is 1.35 bits per heavy atom. The number of nitrogens with one attached hydrogen (secondary N) is 3. The number of terminal acetylenes is 1. The lowest BCUT2D eigenvalue weighted by Gasteiger charge is -2.15. The highest BCUT2D eigenvalue weighted by atomic mass is 19.1. The molecule has 1 aromatic heterocycles. The first-order chi connectivity index (χ1) is 19.0. The van der Waals surface area contributed by atoms with Crippen molar-refractivity contribution in [3.8, 4) is 18.1 Å². The normalized spacial score (nSPS) is 13.9. The van der Waals surface area contributed by atoms with Crippen LogP contribution in [-0.2, 0) is 9.59 Å². The van der Waals surface area contributed by atoms with E-state index >= 15 is 0 Å². The summed E-state index contributed by atoms with van der Waals surface area (Å²) < 4.78 is 23.9. The minimum absolute atomic E-state index is 0.0341. The minimum atomic E-state index is -0.836. The van der Waals surface area contributed by atoms with Crippen molar-refractivity contribution in [2.75, 3.05) is 27.2 Å². The summed E-state index contributed by atoms with van der Waals surface area (Å²) in [6, 6.07) is 3.39. The van der Waals surface area contributed by atoms with E-state index in [1.165, 1.54) is 20.2 Å². The van der Waals surface area contributed by atoms with Gasteiger partial charge in [-0.15, -0.1) is 12.3 Å². The van der Waals surface area contributed by atoms with Crippen LogP contribution in [0.25, 0.3) is 0 Å². The predicted octanol–water partition coefficient (Wildman–Crippen LogP) is 3.57. The van der Waals surface area contributed by atoms with Crippen LogP contribution in [0.15, 0.2) is 27.6 Å². The van der Waals surface area contributed by atoms with Crippen LogP contribution in [-0.4, -0.2) is 62.1 Å². The Balaban J connectivity index is 0.000000401. The van der Waals surface area contributed by atoms with Crippen LogP contribution in [0.4, 0.5) is 14.9 Å². The molecule has 0 radical (unpaired) electrons. The van der Waals surface area contributed by atoms with Crippen molar-refractivity contribution < 1.29 is 32.7 Å². The maximum atomic E-state index is 13.6. The van der Waals surface area contributed by atoms with E-state index in [2.05, 4.69) is 33.3 Å². The molecule has 1 unspecified atom stereocenters. The molecule has 12 heteroatoms. The van der Waals surface area contributed by atoms with Gasteiger partial charge in [-0.3, -0.25) is 24.7 Å². The molecule has 1 atom stereocenters. The summed E-state index contributed by atoms with van der Waals surface area (Å²) >= 11 is 0. The average molecular weight is 558 g/mol. The van der Waals surface area contributed by atoms with Crippen LogP contribution >= 0.6 is 0 Å². The van der Waals surface area contributed by atoms with E-state index in [1.807, 2.05) is 13.8 Å². The topological polar surface area (TPSA) is 142 Å². The highest BCUT2D eigenvalue weighted by Gasteiger charge is 2.34. The summed E-state index contributed by atoms with van der Waals surface area (Å²) in [5.41, 5.74) is 1.95. The number of aliphatic imine (C=N–C) groups is 1. The van der Waals surface area contributed by atoms with Gasteiger partial charge in [0.25, 0.3) is 11.8 Å². The molecule has 5 amide bonds. The van der Waals surface area contributed by atoms with Gasteiger partial charge >= 0.3 is 6.03 Å². The van der Waals surface area contributed by atoms with E-state index in [9.17, 15) is 23.6 Å². The molecule has 0 bridgehead atoms. The Bertz CT molecular complexity index is 1280. The summed E-state index contributed by atoms with van der Waals surface area (Å²) in [7, 11) is 2.82. The van der Waals surface area contributed by atoms with Gasteiger partial charge in [-0.1, -0.05) is 13.0 Å². The third-order valence-electron chi connectivity index (χ3n) is 5.36. The number of urea groups is 1. The van der Waals surface area contributed by atoms with Gasteiger partial charge in [-0.05, 0) is 45.7 Å². The van der Waals surface area contributed by atoms with Gasteiger partial charge < -0.3 is 24.7 Å². The van der Waals surface area contributed by atoms with Crippen LogP contribution in [0.5, 0.6) is 5.75 Å². The van der Waals surface area contributed by atoms with Crippen molar-refractivity contribution >= 4 is 35.7 Å². The summed E-state index contributed by atoms with van der Waals surface area (Å²) in [5, 5.41) is 7.01. The third-order valence-corrected chi connectivity index (χ3v) is 5.36. The lowest BCUT2D eigenvalue weighted by atomic mass is 10.1. The fourth-order valence-electron chi connectivity index (χ4n) is 3.57. The number of benzene rings is 1. The number of ether oxygens (including phenoxy) is 1. The number of carbonyl (C=O) groups is 4. The number of amides is 5. The largest absolute Gasteiger partial charge is 0.494 e. The lowest BCUT2D eigenvalue weighted by molar-refractivity contribution is -0.120. The zero-order valence-electron chi connectivity index (χ0n) is 23.8. The molecule has 3 rings (SSSR count). The Labute approximate surface area is 233 Å². The maximum Gasteiger partial charge on any atom is 0.322 e. The Morgan fingerprint density at radius 3 is 2.50 bits per heavy atom. The van der Waals surface area contributed by atoms with Gasteiger partial charge in [0.2, 0.25) is 6.41 Å². The van der Waals surface area contributed by atoms with Crippen molar-refractivity contribution in [1.82, 2.24) is 20.9 Å². The Kier molecular flexibility index (Phi) is 13.6. The Hall–Kier alpha value is -4.66. The molecule has 0 saturated carbocycles. The number of rotatable bonds is 9. The van der Waals surface area contributed by atoms with Gasteiger partial charge in [0, 0.05) is 25.4 Å². The number of aryl methyl sites for hydroxylation is 2. The first-order valence-corrected chi connectivity index (χ1v) is 12.3. The number of furan rings is 1. The van der Waals surface area contributed by atoms with E-state index in [0.717, 1.165) is 18.5 Å². The van der Waals surface area contributed by atoms with Gasteiger partial charge in [-0.25, -0.2) is 9.18 Å². The summed E-state index contributed by atoms with van der Waals surface area (Å²) in [5.74, 6) is 1.69. The monoisotopic (exact) mass is 557 g/mol. The molecule has 11 nitrogen and oxygen atoms in total. The molecule has 2 aromatic rings. The molecule has 0 aliphatic carbocycles. The lowest BCUT2D eigenvalue weighted by Crippen LogP contribution is -2.28. The fourth-order valence-corrected chi connectivity index (χ4v) is 3.57. The SMILES string of the molecule is C#CC.CCCN(C=O)CC(C)=Nc1cc(C2NC(=O)NC2=O)oc1C.CNC(=O)c1c(C)ccc(OC)c1F. The molecule has 1 aliphatic heterocycles. The second-order valence-corrected chi connectivity index (χ2v) is 8.55. The minimum Gasteiger partial charge on any atom is -0.494 e. The zero-order valence-corrected chi connectivity index (χ0v) is 23.8. The van der Waals surface area contributed by atoms with Gasteiger partial charge in [0.15, 0.2) is 17.6 Å². The van der Waals surface area contributed by atoms with E-state index in [1.54, 1.807) is 37.8 Å². The number of methoxy groups -OCH3 is 1. The number of carbonyl (C=O) groups excluding carboxylic acids is 4. The fraction of sp³-hybridized carbons (Fsp3) is 0.393. The van der Waals surface area contributed by atoms with Crippen molar-refractivity contribution in [1.29, 1.82) is 0 Å². The molecule has 1 saturated heterocycles. The number of halogens is 1. The number of nitrogens with zero attached hydrogens (tertiary/aromatic N) is 2. The highest BCUT2D eigenvalue weighted by Crippen LogP contribution is 2.29. The third kappa shape index (κ3) is 9.27. The summed E-state index contributed by atoms with van der Waals surface area (Å²) in [4.78, 5) is 51.2. The quantitative estimate of drug-likeness (QED) is 0.186. The summed E-state index contributed by atoms with van der Waals surface area (Å²) in [6.45, 7) is 9.97. The molecule has 1 aromatic carbocycles. The van der Waals surface area contributed by atoms with Gasteiger partial charge in [0.1, 0.15) is 17.2 Å². The molecule has 3 N–H and O–H groups in total. The Morgan fingerprint density at radius 2 is 2.00 bits per heavy atom. The molecule has 2 heterocycles. The maximum absolute atomic E-state index is 13.6. The van der Waals surface area contributed by atoms with E-state index in [-0.39, 0.29) is 11.3 Å². The van der Waals surface area contributed by atoms with Crippen LogP contribution in [0, 0.1) is 32.0 Å². The van der Waals surface area contributed by atoms with Crippen molar-refractivity contribution in [3.05, 3.63) is 46.7 Å². The second kappa shape index (κ2) is 16.3. The standard InChI is InChI=1S/C15H20N4O4.C10H12FNO2.C3H4/c1-4-5-19(8-20)7-9(2)16-11-6-12(23-10(11)3)13-14(21)18-15(22)17-13;1-6-4-5-7(14-3)9(11)8(6)10(13)12-2;1-3-2/h6,8,13H,4-5,7H2,1-3H3,(H2,17,18,21,22);4-5H,1-3H3,(H,12,13);1H,2H3. The molecule has 216 valence electrons. The van der Waals surface area contributed by atoms with Crippen LogP contribution in [0.1, 0.15) is 60.7 Å². The van der Waals surface area contributed by atoms with Gasteiger partial charge in [-0.2, -0.15) is 0 Å². The molecule has 40 heavy (non-hydrogen) atoms. The zero-order chi connectivity index (χ0) is 30.4. The number of hydrogen-bond donors (Lipinski definition) is 3. The van der Waals surface area contributed by atoms with Crippen LogP contribution < -0.4 is 20.7 Å². The van der Waals surface area contributed by atoms with Crippen LogP contribution in [0.3, 0.4) is 0 Å². The van der Waals surface area contributed by atoms with Crippen LogP contribution in [0.2, 0.25) is 0 Å². The summed E-state index contributed by atoms with van der Waals surface area (Å²) in [6.07, 6.45) is 6.27. The van der Waals surface area contributed by atoms with E-state index in [4.69, 9.17) is 9.15 Å². The molecular formula is C28H36FN5O6. The molecule has 1 aliphatic rings. The first-order valence-electron chi connectivity index (χ1n) is 12.3. The molecular weight excluding hydrogens is 521 g/mol.